The Balaban J connectivity index is 1.90. The number of aliphatic imine (C=N–C) groups is 1. The maximum absolute atomic E-state index is 12.9. The van der Waals surface area contributed by atoms with Crippen LogP contribution < -0.4 is 0 Å². The number of aliphatic hydroxyl groups is 1. The van der Waals surface area contributed by atoms with Crippen molar-refractivity contribution in [2.45, 2.75) is 31.7 Å². The highest BCUT2D eigenvalue weighted by Crippen LogP contribution is 2.35. The van der Waals surface area contributed by atoms with Crippen LogP contribution in [0, 0.1) is 0 Å². The molecule has 1 atom stereocenters. The van der Waals surface area contributed by atoms with Crippen LogP contribution in [0.3, 0.4) is 0 Å². The summed E-state index contributed by atoms with van der Waals surface area (Å²) in [6.07, 6.45) is 14.1. The van der Waals surface area contributed by atoms with Crippen LogP contribution >= 0.6 is 0 Å². The van der Waals surface area contributed by atoms with E-state index >= 15 is 0 Å². The summed E-state index contributed by atoms with van der Waals surface area (Å²) in [6, 6.07) is 6.87. The van der Waals surface area contributed by atoms with Gasteiger partial charge in [-0.1, -0.05) is 24.3 Å². The molecular weight excluding hydrogens is 328 g/mol. The quantitative estimate of drug-likeness (QED) is 0.605. The van der Waals surface area contributed by atoms with E-state index in [1.54, 1.807) is 30.4 Å². The lowest BCUT2D eigenvalue weighted by molar-refractivity contribution is -0.125. The number of carbonyl (C=O) groups is 1. The van der Waals surface area contributed by atoms with E-state index < -0.39 is 5.54 Å². The number of aliphatic hydroxyl groups excluding tert-OH is 1. The average molecular weight is 350 g/mol. The van der Waals surface area contributed by atoms with Crippen LogP contribution in [0.5, 0.6) is 5.75 Å². The van der Waals surface area contributed by atoms with Gasteiger partial charge in [-0.25, -0.2) is 0 Å². The molecule has 0 saturated heterocycles. The van der Waals surface area contributed by atoms with Crippen LogP contribution in [0.4, 0.5) is 0 Å². The van der Waals surface area contributed by atoms with Crippen LogP contribution in [0.25, 0.3) is 0 Å². The number of carbonyl (C=O) groups excluding carboxylic acids is 1. The standard InChI is InChI=1S/C21H22N2O3/c1-2-6-17(24)7-5-13-21(15-16-9-11-18(25)12-10-16)20(26)22-19-8-3-4-14-23(19)21/h2-4,6-12,14,24-25H,5,13,15H2,1H3/b6-2-,17-7+. The minimum atomic E-state index is -0.833. The van der Waals surface area contributed by atoms with Gasteiger partial charge in [0.2, 0.25) is 0 Å². The minimum absolute atomic E-state index is 0.185. The summed E-state index contributed by atoms with van der Waals surface area (Å²) in [6.45, 7) is 1.84. The first kappa shape index (κ1) is 17.7. The van der Waals surface area contributed by atoms with Crippen molar-refractivity contribution < 1.29 is 15.0 Å². The first-order valence-corrected chi connectivity index (χ1v) is 8.62. The van der Waals surface area contributed by atoms with E-state index in [2.05, 4.69) is 4.99 Å². The second-order valence-electron chi connectivity index (χ2n) is 6.39. The second kappa shape index (κ2) is 7.44. The number of amides is 1. The van der Waals surface area contributed by atoms with Crippen molar-refractivity contribution in [3.05, 3.63) is 78.2 Å². The van der Waals surface area contributed by atoms with Crippen LogP contribution in [0.1, 0.15) is 25.3 Å². The first-order valence-electron chi connectivity index (χ1n) is 8.62. The van der Waals surface area contributed by atoms with Gasteiger partial charge in [-0.3, -0.25) is 4.79 Å². The van der Waals surface area contributed by atoms with Gasteiger partial charge in [0, 0.05) is 12.6 Å². The van der Waals surface area contributed by atoms with Crippen LogP contribution in [-0.4, -0.2) is 32.4 Å². The van der Waals surface area contributed by atoms with Crippen LogP contribution in [0.15, 0.2) is 77.7 Å². The Bertz CT molecular complexity index is 831. The molecule has 134 valence electrons. The van der Waals surface area contributed by atoms with Crippen molar-refractivity contribution in [2.75, 3.05) is 0 Å². The summed E-state index contributed by atoms with van der Waals surface area (Å²) in [5.41, 5.74) is 0.109. The average Bonchev–Trinajstić information content (AvgIpc) is 2.89. The van der Waals surface area contributed by atoms with Gasteiger partial charge in [-0.2, -0.15) is 4.99 Å². The number of hydrogen-bond donors (Lipinski definition) is 2. The lowest BCUT2D eigenvalue weighted by Gasteiger charge is -2.36. The largest absolute Gasteiger partial charge is 0.508 e. The fourth-order valence-corrected chi connectivity index (χ4v) is 3.32. The van der Waals surface area contributed by atoms with E-state index in [1.165, 1.54) is 0 Å². The van der Waals surface area contributed by atoms with E-state index in [0.29, 0.717) is 25.1 Å². The number of rotatable bonds is 6. The second-order valence-corrected chi connectivity index (χ2v) is 6.39. The normalized spacial score (nSPS) is 22.2. The van der Waals surface area contributed by atoms with E-state index in [9.17, 15) is 15.0 Å². The number of amidine groups is 1. The highest BCUT2D eigenvalue weighted by Gasteiger charge is 2.48. The number of hydrogen-bond acceptors (Lipinski definition) is 4. The number of fused-ring (bicyclic) bond motifs is 1. The molecule has 1 amide bonds. The molecule has 26 heavy (non-hydrogen) atoms. The van der Waals surface area contributed by atoms with Gasteiger partial charge >= 0.3 is 0 Å². The van der Waals surface area contributed by atoms with E-state index in [1.807, 2.05) is 48.4 Å². The summed E-state index contributed by atoms with van der Waals surface area (Å²) < 4.78 is 0. The van der Waals surface area contributed by atoms with Gasteiger partial charge in [0.05, 0.1) is 0 Å². The number of nitrogens with zero attached hydrogens (tertiary/aromatic N) is 2. The third-order valence-electron chi connectivity index (χ3n) is 4.60. The number of allylic oxidation sites excluding steroid dienone is 5. The molecule has 2 aliphatic rings. The molecule has 2 N–H and O–H groups in total. The summed E-state index contributed by atoms with van der Waals surface area (Å²) in [7, 11) is 0. The minimum Gasteiger partial charge on any atom is -0.508 e. The van der Waals surface area contributed by atoms with Gasteiger partial charge in [-0.15, -0.1) is 0 Å². The molecule has 3 rings (SSSR count). The predicted octanol–water partition coefficient (Wildman–Crippen LogP) is 3.80. The van der Waals surface area contributed by atoms with Gasteiger partial charge in [0.15, 0.2) is 0 Å². The molecule has 0 saturated carbocycles. The molecule has 0 fully saturated rings. The number of aromatic hydroxyl groups is 1. The molecule has 0 radical (unpaired) electrons. The Morgan fingerprint density at radius 1 is 1.27 bits per heavy atom. The summed E-state index contributed by atoms with van der Waals surface area (Å²) in [5.74, 6) is 0.832. The van der Waals surface area contributed by atoms with E-state index in [0.717, 1.165) is 5.56 Å². The third kappa shape index (κ3) is 3.47. The molecular formula is C21H22N2O3. The Kier molecular flexibility index (Phi) is 5.07. The molecule has 0 spiro atoms. The lowest BCUT2D eigenvalue weighted by atomic mass is 9.84. The van der Waals surface area contributed by atoms with Crippen LogP contribution in [-0.2, 0) is 11.2 Å². The van der Waals surface area contributed by atoms with Crippen molar-refractivity contribution in [2.24, 2.45) is 4.99 Å². The fraction of sp³-hybridized carbons (Fsp3) is 0.238. The fourth-order valence-electron chi connectivity index (χ4n) is 3.32. The summed E-state index contributed by atoms with van der Waals surface area (Å²) in [5, 5.41) is 19.3. The number of benzene rings is 1. The molecule has 2 aliphatic heterocycles. The Hall–Kier alpha value is -3.08. The Labute approximate surface area is 153 Å². The predicted molar refractivity (Wildman–Crippen MR) is 102 cm³/mol. The summed E-state index contributed by atoms with van der Waals surface area (Å²) >= 11 is 0. The van der Waals surface area contributed by atoms with Crippen molar-refractivity contribution >= 4 is 11.7 Å². The van der Waals surface area contributed by atoms with E-state index in [-0.39, 0.29) is 17.4 Å². The molecule has 5 nitrogen and oxygen atoms in total. The maximum atomic E-state index is 12.9. The third-order valence-corrected chi connectivity index (χ3v) is 4.60. The molecule has 0 aromatic heterocycles. The van der Waals surface area contributed by atoms with Crippen molar-refractivity contribution in [3.8, 4) is 5.75 Å². The molecule has 1 aromatic rings. The summed E-state index contributed by atoms with van der Waals surface area (Å²) in [4.78, 5) is 19.0. The first-order chi connectivity index (χ1) is 12.5. The zero-order chi connectivity index (χ0) is 18.6. The topological polar surface area (TPSA) is 73.1 Å². The molecule has 5 heteroatoms. The van der Waals surface area contributed by atoms with Gasteiger partial charge in [0.1, 0.15) is 22.9 Å². The van der Waals surface area contributed by atoms with Gasteiger partial charge in [-0.05, 0) is 61.8 Å². The smallest absolute Gasteiger partial charge is 0.274 e. The van der Waals surface area contributed by atoms with Gasteiger partial charge < -0.3 is 15.1 Å². The Morgan fingerprint density at radius 3 is 2.77 bits per heavy atom. The zero-order valence-corrected chi connectivity index (χ0v) is 14.7. The van der Waals surface area contributed by atoms with Gasteiger partial charge in [0.25, 0.3) is 5.91 Å². The van der Waals surface area contributed by atoms with Crippen molar-refractivity contribution in [3.63, 3.8) is 0 Å². The Morgan fingerprint density at radius 2 is 2.04 bits per heavy atom. The van der Waals surface area contributed by atoms with E-state index in [4.69, 9.17) is 0 Å². The lowest BCUT2D eigenvalue weighted by Crippen LogP contribution is -2.50. The highest BCUT2D eigenvalue weighted by molar-refractivity contribution is 6.12. The highest BCUT2D eigenvalue weighted by atomic mass is 16.3. The van der Waals surface area contributed by atoms with Crippen molar-refractivity contribution in [1.82, 2.24) is 4.90 Å². The van der Waals surface area contributed by atoms with Crippen molar-refractivity contribution in [1.29, 1.82) is 0 Å². The zero-order valence-electron chi connectivity index (χ0n) is 14.7. The molecule has 1 aromatic carbocycles. The number of phenolic OH excluding ortho intramolecular Hbond substituents is 1. The monoisotopic (exact) mass is 350 g/mol. The maximum Gasteiger partial charge on any atom is 0.274 e. The number of phenols is 1. The SMILES string of the molecule is C/C=C\C(O)=C/CCC1(Cc2ccc(O)cc2)C(=O)N=C2C=CC=CN21. The molecule has 0 bridgehead atoms. The molecule has 1 unspecified atom stereocenters. The van der Waals surface area contributed by atoms with Crippen LogP contribution in [0.2, 0.25) is 0 Å². The molecule has 2 heterocycles. The molecule has 0 aliphatic carbocycles.